The smallest absolute Gasteiger partial charge is 0.181 e. The monoisotopic (exact) mass is 363 g/mol. The minimum atomic E-state index is -0.313. The average molecular weight is 363 g/mol. The maximum absolute atomic E-state index is 10.7. The lowest BCUT2D eigenvalue weighted by Crippen LogP contribution is -2.06. The predicted molar refractivity (Wildman–Crippen MR) is 106 cm³/mol. The third-order valence-electron chi connectivity index (χ3n) is 5.48. The number of hydrogen-bond donors (Lipinski definition) is 1. The molecule has 0 unspecified atom stereocenters. The molecular weight excluding hydrogens is 342 g/mol. The molecule has 3 aromatic heterocycles. The van der Waals surface area contributed by atoms with E-state index < -0.39 is 0 Å². The maximum Gasteiger partial charge on any atom is 0.181 e. The molecule has 0 bridgehead atoms. The van der Waals surface area contributed by atoms with Crippen LogP contribution in [0.25, 0.3) is 32.2 Å². The highest BCUT2D eigenvalue weighted by Crippen LogP contribution is 2.40. The van der Waals surface area contributed by atoms with E-state index in [1.807, 2.05) is 19.4 Å². The Morgan fingerprint density at radius 3 is 2.81 bits per heavy atom. The van der Waals surface area contributed by atoms with Crippen LogP contribution in [-0.4, -0.2) is 19.9 Å². The molecule has 0 radical (unpaired) electrons. The quantitative estimate of drug-likeness (QED) is 0.553. The second-order valence-corrected chi connectivity index (χ2v) is 8.45. The Hall–Kier alpha value is -2.24. The molecule has 1 aliphatic carbocycles. The van der Waals surface area contributed by atoms with E-state index in [2.05, 4.69) is 40.4 Å². The Bertz CT molecular complexity index is 1090. The molecule has 4 nitrogen and oxygen atoms in total. The fraction of sp³-hybridized carbons (Fsp3) is 0.333. The summed E-state index contributed by atoms with van der Waals surface area (Å²) in [5.74, 6) is 0.430. The zero-order chi connectivity index (χ0) is 17.7. The second-order valence-electron chi connectivity index (χ2n) is 7.33. The van der Waals surface area contributed by atoms with E-state index in [4.69, 9.17) is 0 Å². The highest BCUT2D eigenvalue weighted by atomic mass is 32.1. The van der Waals surface area contributed by atoms with Gasteiger partial charge in [-0.05, 0) is 47.9 Å². The molecule has 1 saturated carbocycles. The summed E-state index contributed by atoms with van der Waals surface area (Å²) in [6, 6.07) is 10.8. The molecule has 0 spiro atoms. The number of nitrogens with zero attached hydrogens (tertiary/aromatic N) is 3. The lowest BCUT2D eigenvalue weighted by atomic mass is 9.99. The van der Waals surface area contributed by atoms with Gasteiger partial charge in [0.25, 0.3) is 0 Å². The van der Waals surface area contributed by atoms with Gasteiger partial charge in [-0.25, -0.2) is 4.98 Å². The van der Waals surface area contributed by atoms with Crippen LogP contribution >= 0.6 is 11.3 Å². The standard InChI is InChI=1S/C21H21N3OS/c1-24-12-17-8-16(11-22-21(17)23-24)14-6-7-15-10-19(26-18(15)9-14)20(25)13-4-2-3-5-13/h6-13,20,25H,2-5H2,1H3/t20-/m1/s1. The van der Waals surface area contributed by atoms with Gasteiger partial charge in [0.15, 0.2) is 5.65 Å². The zero-order valence-electron chi connectivity index (χ0n) is 14.7. The van der Waals surface area contributed by atoms with Gasteiger partial charge in [0.1, 0.15) is 0 Å². The van der Waals surface area contributed by atoms with Crippen molar-refractivity contribution in [2.24, 2.45) is 13.0 Å². The summed E-state index contributed by atoms with van der Waals surface area (Å²) in [7, 11) is 1.91. The van der Waals surface area contributed by atoms with Crippen LogP contribution in [0.1, 0.15) is 36.7 Å². The second kappa shape index (κ2) is 6.18. The maximum atomic E-state index is 10.7. The van der Waals surface area contributed by atoms with Crippen molar-refractivity contribution in [1.82, 2.24) is 14.8 Å². The molecule has 26 heavy (non-hydrogen) atoms. The van der Waals surface area contributed by atoms with E-state index in [0.29, 0.717) is 5.92 Å². The summed E-state index contributed by atoms with van der Waals surface area (Å²) in [5, 5.41) is 17.3. The fourth-order valence-electron chi connectivity index (χ4n) is 4.07. The van der Waals surface area contributed by atoms with Crippen molar-refractivity contribution in [3.63, 3.8) is 0 Å². The molecule has 1 aromatic carbocycles. The van der Waals surface area contributed by atoms with Gasteiger partial charge in [-0.15, -0.1) is 11.3 Å². The summed E-state index contributed by atoms with van der Waals surface area (Å²) < 4.78 is 3.02. The Kier molecular flexibility index (Phi) is 3.80. The van der Waals surface area contributed by atoms with Crippen LogP contribution in [0.15, 0.2) is 42.7 Å². The number of fused-ring (bicyclic) bond motifs is 2. The van der Waals surface area contributed by atoms with E-state index in [0.717, 1.165) is 39.9 Å². The Labute approximate surface area is 156 Å². The SMILES string of the molecule is Cn1cc2cc(-c3ccc4cc([C@H](O)C5CCCC5)sc4c3)cnc2n1. The van der Waals surface area contributed by atoms with E-state index in [1.54, 1.807) is 16.0 Å². The summed E-state index contributed by atoms with van der Waals surface area (Å²) >= 11 is 1.72. The molecule has 1 aliphatic rings. The lowest BCUT2D eigenvalue weighted by Gasteiger charge is -2.15. The van der Waals surface area contributed by atoms with Crippen molar-refractivity contribution in [3.8, 4) is 11.1 Å². The number of rotatable bonds is 3. The van der Waals surface area contributed by atoms with Gasteiger partial charge in [-0.1, -0.05) is 25.0 Å². The van der Waals surface area contributed by atoms with E-state index >= 15 is 0 Å². The van der Waals surface area contributed by atoms with Gasteiger partial charge in [0, 0.05) is 40.0 Å². The van der Waals surface area contributed by atoms with Gasteiger partial charge < -0.3 is 5.11 Å². The first-order chi connectivity index (χ1) is 12.7. The number of hydrogen-bond acceptors (Lipinski definition) is 4. The molecule has 1 N–H and O–H groups in total. The number of aliphatic hydroxyl groups is 1. The molecule has 5 rings (SSSR count). The molecule has 1 atom stereocenters. The van der Waals surface area contributed by atoms with Crippen LogP contribution < -0.4 is 0 Å². The van der Waals surface area contributed by atoms with Gasteiger partial charge in [-0.3, -0.25) is 4.68 Å². The van der Waals surface area contributed by atoms with E-state index in [1.165, 1.54) is 22.9 Å². The van der Waals surface area contributed by atoms with Crippen LogP contribution in [0, 0.1) is 5.92 Å². The topological polar surface area (TPSA) is 50.9 Å². The van der Waals surface area contributed by atoms with Crippen molar-refractivity contribution in [2.75, 3.05) is 0 Å². The number of aliphatic hydroxyl groups excluding tert-OH is 1. The third kappa shape index (κ3) is 2.72. The van der Waals surface area contributed by atoms with Crippen LogP contribution in [0.3, 0.4) is 0 Å². The van der Waals surface area contributed by atoms with Gasteiger partial charge in [0.05, 0.1) is 6.10 Å². The number of aromatic nitrogens is 3. The third-order valence-corrected chi connectivity index (χ3v) is 6.65. The van der Waals surface area contributed by atoms with Crippen molar-refractivity contribution in [3.05, 3.63) is 47.6 Å². The fourth-order valence-corrected chi connectivity index (χ4v) is 5.26. The predicted octanol–water partition coefficient (Wildman–Crippen LogP) is 5.07. The molecule has 3 heterocycles. The Morgan fingerprint density at radius 1 is 1.12 bits per heavy atom. The van der Waals surface area contributed by atoms with Gasteiger partial charge in [-0.2, -0.15) is 5.10 Å². The number of aryl methyl sites for hydroxylation is 1. The van der Waals surface area contributed by atoms with Crippen molar-refractivity contribution < 1.29 is 5.11 Å². The van der Waals surface area contributed by atoms with Gasteiger partial charge in [0.2, 0.25) is 0 Å². The molecule has 1 fully saturated rings. The summed E-state index contributed by atoms with van der Waals surface area (Å²) in [6.45, 7) is 0. The highest BCUT2D eigenvalue weighted by Gasteiger charge is 2.25. The largest absolute Gasteiger partial charge is 0.387 e. The van der Waals surface area contributed by atoms with Gasteiger partial charge >= 0.3 is 0 Å². The molecule has 0 amide bonds. The molecule has 0 aliphatic heterocycles. The normalized spacial score (nSPS) is 16.7. The van der Waals surface area contributed by atoms with Crippen molar-refractivity contribution >= 4 is 32.5 Å². The number of thiophene rings is 1. The molecule has 5 heteroatoms. The van der Waals surface area contributed by atoms with Crippen LogP contribution in [0.2, 0.25) is 0 Å². The number of pyridine rings is 1. The number of benzene rings is 1. The van der Waals surface area contributed by atoms with E-state index in [-0.39, 0.29) is 6.10 Å². The molecular formula is C21H21N3OS. The van der Waals surface area contributed by atoms with Crippen LogP contribution in [0.5, 0.6) is 0 Å². The van der Waals surface area contributed by atoms with E-state index in [9.17, 15) is 5.11 Å². The first-order valence-corrected chi connectivity index (χ1v) is 10.0. The van der Waals surface area contributed by atoms with Crippen LogP contribution in [-0.2, 0) is 7.05 Å². The summed E-state index contributed by atoms with van der Waals surface area (Å²) in [4.78, 5) is 5.58. The first kappa shape index (κ1) is 16.0. The minimum Gasteiger partial charge on any atom is -0.387 e. The molecule has 0 saturated heterocycles. The lowest BCUT2D eigenvalue weighted by molar-refractivity contribution is 0.115. The van der Waals surface area contributed by atoms with Crippen LogP contribution in [0.4, 0.5) is 0 Å². The zero-order valence-corrected chi connectivity index (χ0v) is 15.5. The summed E-state index contributed by atoms with van der Waals surface area (Å²) in [6.07, 6.45) is 8.37. The molecule has 4 aromatic rings. The highest BCUT2D eigenvalue weighted by molar-refractivity contribution is 7.19. The molecule has 132 valence electrons. The van der Waals surface area contributed by atoms with Crippen molar-refractivity contribution in [2.45, 2.75) is 31.8 Å². The van der Waals surface area contributed by atoms with Crippen molar-refractivity contribution in [1.29, 1.82) is 0 Å². The average Bonchev–Trinajstić information content (AvgIpc) is 3.37. The Balaban J connectivity index is 1.52. The first-order valence-electron chi connectivity index (χ1n) is 9.19. The Morgan fingerprint density at radius 2 is 1.96 bits per heavy atom. The summed E-state index contributed by atoms with van der Waals surface area (Å²) in [5.41, 5.74) is 3.02. The minimum absolute atomic E-state index is 0.313.